The van der Waals surface area contributed by atoms with Crippen LogP contribution in [0.4, 0.5) is 28.7 Å². The number of benzene rings is 2. The van der Waals surface area contributed by atoms with Gasteiger partial charge in [-0.05, 0) is 42.7 Å². The first-order valence-electron chi connectivity index (χ1n) is 8.37. The molecular weight excluding hydrogens is 366 g/mol. The molecule has 0 saturated heterocycles. The Kier molecular flexibility index (Phi) is 5.52. The zero-order valence-electron chi connectivity index (χ0n) is 14.9. The molecule has 0 aliphatic heterocycles. The summed E-state index contributed by atoms with van der Waals surface area (Å²) in [5.74, 6) is 0.218. The third-order valence-corrected chi connectivity index (χ3v) is 4.34. The first-order chi connectivity index (χ1) is 13.0. The summed E-state index contributed by atoms with van der Waals surface area (Å²) in [6, 6.07) is 12.9. The zero-order valence-corrected chi connectivity index (χ0v) is 15.6. The lowest BCUT2D eigenvalue weighted by atomic mass is 10.1. The van der Waals surface area contributed by atoms with Crippen LogP contribution < -0.4 is 10.6 Å². The van der Waals surface area contributed by atoms with E-state index in [-0.39, 0.29) is 17.3 Å². The minimum Gasteiger partial charge on any atom is -0.334 e. The standard InChI is InChI=1S/C19H18ClN5O2/c1-3-13-6-4-5-7-15(13)23-18-17(25(26)27)19(22-11-21-18)24-16-10-14(20)9-8-12(16)2/h4-11H,3H2,1-2H3,(H2,21,22,23,24). The minimum absolute atomic E-state index is 0.0943. The van der Waals surface area contributed by atoms with Crippen molar-refractivity contribution in [3.8, 4) is 0 Å². The van der Waals surface area contributed by atoms with Gasteiger partial charge in [-0.1, -0.05) is 42.8 Å². The minimum atomic E-state index is -0.501. The van der Waals surface area contributed by atoms with Gasteiger partial charge in [0.2, 0.25) is 11.6 Å². The van der Waals surface area contributed by atoms with Crippen molar-refractivity contribution in [3.63, 3.8) is 0 Å². The van der Waals surface area contributed by atoms with Gasteiger partial charge in [0.25, 0.3) is 0 Å². The van der Waals surface area contributed by atoms with Crippen molar-refractivity contribution in [1.82, 2.24) is 9.97 Å². The molecule has 0 unspecified atom stereocenters. The fourth-order valence-electron chi connectivity index (χ4n) is 2.67. The van der Waals surface area contributed by atoms with Crippen molar-refractivity contribution >= 4 is 40.3 Å². The Morgan fingerprint density at radius 1 is 1.07 bits per heavy atom. The summed E-state index contributed by atoms with van der Waals surface area (Å²) in [4.78, 5) is 19.4. The lowest BCUT2D eigenvalue weighted by Crippen LogP contribution is -2.06. The molecule has 0 amide bonds. The number of aryl methyl sites for hydroxylation is 2. The average molecular weight is 384 g/mol. The van der Waals surface area contributed by atoms with Gasteiger partial charge in [0.1, 0.15) is 6.33 Å². The van der Waals surface area contributed by atoms with Crippen LogP contribution in [0.5, 0.6) is 0 Å². The average Bonchev–Trinajstić information content (AvgIpc) is 2.65. The summed E-state index contributed by atoms with van der Waals surface area (Å²) >= 11 is 6.04. The van der Waals surface area contributed by atoms with Gasteiger partial charge in [-0.15, -0.1) is 0 Å². The van der Waals surface area contributed by atoms with Crippen molar-refractivity contribution in [2.24, 2.45) is 0 Å². The number of halogens is 1. The van der Waals surface area contributed by atoms with Crippen LogP contribution in [0.1, 0.15) is 18.1 Å². The molecule has 1 heterocycles. The Labute approximate surface area is 161 Å². The van der Waals surface area contributed by atoms with Crippen molar-refractivity contribution in [2.45, 2.75) is 20.3 Å². The molecule has 0 aliphatic carbocycles. The zero-order chi connectivity index (χ0) is 19.4. The molecular formula is C19H18ClN5O2. The van der Waals surface area contributed by atoms with E-state index in [0.29, 0.717) is 10.7 Å². The van der Waals surface area contributed by atoms with Crippen molar-refractivity contribution in [2.75, 3.05) is 10.6 Å². The Balaban J connectivity index is 2.03. The van der Waals surface area contributed by atoms with Gasteiger partial charge >= 0.3 is 5.69 Å². The fraction of sp³-hybridized carbons (Fsp3) is 0.158. The predicted octanol–water partition coefficient (Wildman–Crippen LogP) is 5.40. The highest BCUT2D eigenvalue weighted by Gasteiger charge is 2.24. The Morgan fingerprint density at radius 2 is 1.74 bits per heavy atom. The third kappa shape index (κ3) is 4.15. The number of nitrogens with one attached hydrogen (secondary N) is 2. The quantitative estimate of drug-likeness (QED) is 0.437. The Morgan fingerprint density at radius 3 is 2.41 bits per heavy atom. The van der Waals surface area contributed by atoms with Crippen LogP contribution in [-0.4, -0.2) is 14.9 Å². The van der Waals surface area contributed by atoms with Gasteiger partial charge in [0.05, 0.1) is 4.92 Å². The van der Waals surface area contributed by atoms with Crippen LogP contribution in [0.2, 0.25) is 5.02 Å². The Hall–Kier alpha value is -3.19. The Bertz CT molecular complexity index is 994. The number of rotatable bonds is 6. The van der Waals surface area contributed by atoms with Crippen LogP contribution in [-0.2, 0) is 6.42 Å². The lowest BCUT2D eigenvalue weighted by Gasteiger charge is -2.13. The van der Waals surface area contributed by atoms with Gasteiger partial charge in [0.15, 0.2) is 0 Å². The van der Waals surface area contributed by atoms with Gasteiger partial charge in [0, 0.05) is 16.4 Å². The second-order valence-electron chi connectivity index (χ2n) is 5.90. The smallest absolute Gasteiger partial charge is 0.334 e. The summed E-state index contributed by atoms with van der Waals surface area (Å²) in [5, 5.41) is 18.3. The number of nitrogens with zero attached hydrogens (tertiary/aromatic N) is 3. The number of nitro groups is 1. The van der Waals surface area contributed by atoms with E-state index in [1.807, 2.05) is 44.2 Å². The molecule has 8 heteroatoms. The molecule has 0 bridgehead atoms. The van der Waals surface area contributed by atoms with Crippen molar-refractivity contribution in [3.05, 3.63) is 75.1 Å². The monoisotopic (exact) mass is 383 g/mol. The van der Waals surface area contributed by atoms with Gasteiger partial charge in [-0.2, -0.15) is 0 Å². The van der Waals surface area contributed by atoms with Crippen LogP contribution in [0.15, 0.2) is 48.8 Å². The van der Waals surface area contributed by atoms with Crippen molar-refractivity contribution < 1.29 is 4.92 Å². The van der Waals surface area contributed by atoms with E-state index in [1.54, 1.807) is 12.1 Å². The molecule has 27 heavy (non-hydrogen) atoms. The van der Waals surface area contributed by atoms with Crippen molar-refractivity contribution in [1.29, 1.82) is 0 Å². The van der Waals surface area contributed by atoms with E-state index in [1.165, 1.54) is 6.33 Å². The molecule has 0 aliphatic rings. The second kappa shape index (κ2) is 8.01. The number of aromatic nitrogens is 2. The molecule has 3 aromatic rings. The molecule has 138 valence electrons. The van der Waals surface area contributed by atoms with E-state index in [2.05, 4.69) is 20.6 Å². The number of hydrogen-bond donors (Lipinski definition) is 2. The fourth-order valence-corrected chi connectivity index (χ4v) is 2.84. The van der Waals surface area contributed by atoms with Crippen LogP contribution in [0.3, 0.4) is 0 Å². The first kappa shape index (κ1) is 18.6. The normalized spacial score (nSPS) is 10.5. The lowest BCUT2D eigenvalue weighted by molar-refractivity contribution is -0.383. The largest absolute Gasteiger partial charge is 0.353 e. The highest BCUT2D eigenvalue weighted by atomic mass is 35.5. The molecule has 3 rings (SSSR count). The predicted molar refractivity (Wildman–Crippen MR) is 107 cm³/mol. The first-order valence-corrected chi connectivity index (χ1v) is 8.75. The van der Waals surface area contributed by atoms with Crippen LogP contribution in [0.25, 0.3) is 0 Å². The van der Waals surface area contributed by atoms with E-state index in [0.717, 1.165) is 23.2 Å². The molecule has 2 aromatic carbocycles. The topological polar surface area (TPSA) is 93.0 Å². The summed E-state index contributed by atoms with van der Waals surface area (Å²) in [6.07, 6.45) is 2.07. The maximum atomic E-state index is 11.7. The number of para-hydroxylation sites is 1. The molecule has 0 radical (unpaired) electrons. The van der Waals surface area contributed by atoms with E-state index in [4.69, 9.17) is 11.6 Å². The summed E-state index contributed by atoms with van der Waals surface area (Å²) in [7, 11) is 0. The summed E-state index contributed by atoms with van der Waals surface area (Å²) in [6.45, 7) is 3.89. The molecule has 1 aromatic heterocycles. The molecule has 0 atom stereocenters. The SMILES string of the molecule is CCc1ccccc1Nc1ncnc(Nc2cc(Cl)ccc2C)c1[N+](=O)[O-]. The second-order valence-corrected chi connectivity index (χ2v) is 6.33. The third-order valence-electron chi connectivity index (χ3n) is 4.11. The van der Waals surface area contributed by atoms with Gasteiger partial charge in [-0.3, -0.25) is 10.1 Å². The molecule has 2 N–H and O–H groups in total. The highest BCUT2D eigenvalue weighted by molar-refractivity contribution is 6.30. The number of anilines is 4. The summed E-state index contributed by atoms with van der Waals surface area (Å²) in [5.41, 5.74) is 3.10. The highest BCUT2D eigenvalue weighted by Crippen LogP contribution is 2.34. The number of hydrogen-bond acceptors (Lipinski definition) is 6. The van der Waals surface area contributed by atoms with Crippen LogP contribution >= 0.6 is 11.6 Å². The maximum Gasteiger partial charge on any atom is 0.353 e. The van der Waals surface area contributed by atoms with Gasteiger partial charge < -0.3 is 10.6 Å². The molecule has 7 nitrogen and oxygen atoms in total. The molecule has 0 saturated carbocycles. The summed E-state index contributed by atoms with van der Waals surface area (Å²) < 4.78 is 0. The van der Waals surface area contributed by atoms with E-state index in [9.17, 15) is 10.1 Å². The van der Waals surface area contributed by atoms with Crippen LogP contribution in [0, 0.1) is 17.0 Å². The van der Waals surface area contributed by atoms with Gasteiger partial charge in [-0.25, -0.2) is 9.97 Å². The molecule has 0 fully saturated rings. The molecule has 0 spiro atoms. The van der Waals surface area contributed by atoms with E-state index < -0.39 is 4.92 Å². The van der Waals surface area contributed by atoms with E-state index >= 15 is 0 Å². The maximum absolute atomic E-state index is 11.7.